The van der Waals surface area contributed by atoms with Crippen LogP contribution in [0.1, 0.15) is 16.7 Å². The van der Waals surface area contributed by atoms with Crippen LogP contribution in [0.15, 0.2) is 78.9 Å². The molecule has 3 rings (SSSR count). The number of amides is 2. The van der Waals surface area contributed by atoms with E-state index in [4.69, 9.17) is 32.7 Å². The molecule has 0 saturated heterocycles. The fourth-order valence-electron chi connectivity index (χ4n) is 3.51. The molecule has 2 amide bonds. The average Bonchev–Trinajstić information content (AvgIpc) is 2.89. The summed E-state index contributed by atoms with van der Waals surface area (Å²) < 4.78 is 10.2. The van der Waals surface area contributed by atoms with Crippen LogP contribution in [0.25, 0.3) is 0 Å². The summed E-state index contributed by atoms with van der Waals surface area (Å²) in [5.41, 5.74) is 2.11. The van der Waals surface area contributed by atoms with Crippen molar-refractivity contribution in [2.24, 2.45) is 0 Å². The number of ether oxygens (including phenoxy) is 2. The van der Waals surface area contributed by atoms with Crippen LogP contribution in [0, 0.1) is 0 Å². The van der Waals surface area contributed by atoms with Gasteiger partial charge < -0.3 is 20.1 Å². The number of hydrogen-bond acceptors (Lipinski definition) is 5. The van der Waals surface area contributed by atoms with Gasteiger partial charge in [-0.25, -0.2) is 9.59 Å². The molecule has 9 heteroatoms. The average molecular weight is 529 g/mol. The molecule has 3 aromatic carbocycles. The second-order valence-corrected chi connectivity index (χ2v) is 8.75. The summed E-state index contributed by atoms with van der Waals surface area (Å²) in [6.45, 7) is 0.0438. The van der Waals surface area contributed by atoms with E-state index in [1.165, 1.54) is 7.11 Å². The summed E-state index contributed by atoms with van der Waals surface area (Å²) >= 11 is 12.5. The van der Waals surface area contributed by atoms with E-state index < -0.39 is 30.1 Å². The molecule has 0 fully saturated rings. The van der Waals surface area contributed by atoms with Crippen molar-refractivity contribution in [2.75, 3.05) is 7.11 Å². The molecule has 0 saturated carbocycles. The lowest BCUT2D eigenvalue weighted by atomic mass is 10.0. The largest absolute Gasteiger partial charge is 0.467 e. The summed E-state index contributed by atoms with van der Waals surface area (Å²) in [6.07, 6.45) is -0.583. The van der Waals surface area contributed by atoms with E-state index in [1.807, 2.05) is 60.7 Å². The van der Waals surface area contributed by atoms with Crippen LogP contribution in [0.2, 0.25) is 10.0 Å². The SMILES string of the molecule is COC(=O)[C@H](Cc1c(Cl)cccc1Cl)NC(=O)[C@@H](Cc1ccccc1)NC(=O)OCc1ccccc1. The molecule has 188 valence electrons. The minimum atomic E-state index is -1.08. The first kappa shape index (κ1) is 27.0. The topological polar surface area (TPSA) is 93.7 Å². The second kappa shape index (κ2) is 13.5. The van der Waals surface area contributed by atoms with Crippen LogP contribution >= 0.6 is 23.2 Å². The number of carbonyl (C=O) groups excluding carboxylic acids is 3. The summed E-state index contributed by atoms with van der Waals surface area (Å²) in [6, 6.07) is 21.2. The molecule has 2 N–H and O–H groups in total. The highest BCUT2D eigenvalue weighted by Gasteiger charge is 2.29. The quantitative estimate of drug-likeness (QED) is 0.371. The van der Waals surface area contributed by atoms with E-state index in [1.54, 1.807) is 18.2 Å². The third-order valence-electron chi connectivity index (χ3n) is 5.38. The van der Waals surface area contributed by atoms with Gasteiger partial charge in [0, 0.05) is 22.9 Å². The van der Waals surface area contributed by atoms with Crippen molar-refractivity contribution in [1.82, 2.24) is 10.6 Å². The van der Waals surface area contributed by atoms with E-state index >= 15 is 0 Å². The highest BCUT2D eigenvalue weighted by molar-refractivity contribution is 6.36. The molecule has 0 aliphatic rings. The van der Waals surface area contributed by atoms with Crippen LogP contribution in [0.5, 0.6) is 0 Å². The maximum Gasteiger partial charge on any atom is 0.408 e. The van der Waals surface area contributed by atoms with Crippen molar-refractivity contribution in [3.05, 3.63) is 106 Å². The van der Waals surface area contributed by atoms with Crippen LogP contribution in [0.4, 0.5) is 4.79 Å². The zero-order chi connectivity index (χ0) is 25.9. The van der Waals surface area contributed by atoms with Crippen LogP contribution < -0.4 is 10.6 Å². The van der Waals surface area contributed by atoms with Crippen molar-refractivity contribution >= 4 is 41.2 Å². The Balaban J connectivity index is 1.75. The number of rotatable bonds is 10. The molecule has 36 heavy (non-hydrogen) atoms. The van der Waals surface area contributed by atoms with Gasteiger partial charge in [-0.1, -0.05) is 89.9 Å². The van der Waals surface area contributed by atoms with E-state index in [9.17, 15) is 14.4 Å². The Kier molecular flexibility index (Phi) is 10.2. The zero-order valence-electron chi connectivity index (χ0n) is 19.6. The standard InChI is InChI=1S/C27H26Cl2N2O5/c1-35-26(33)24(16-20-21(28)13-8-14-22(20)29)30-25(32)23(15-18-9-4-2-5-10-18)31-27(34)36-17-19-11-6-3-7-12-19/h2-14,23-24H,15-17H2,1H3,(H,30,32)(H,31,34)/t23-,24+/m1/s1. The van der Waals surface area contributed by atoms with E-state index in [0.29, 0.717) is 15.6 Å². The second-order valence-electron chi connectivity index (χ2n) is 7.94. The molecule has 0 radical (unpaired) electrons. The molecule has 0 aliphatic heterocycles. The fraction of sp³-hybridized carbons (Fsp3) is 0.222. The van der Waals surface area contributed by atoms with Gasteiger partial charge in [0.1, 0.15) is 18.7 Å². The number of nitrogens with one attached hydrogen (secondary N) is 2. The number of hydrogen-bond donors (Lipinski definition) is 2. The van der Waals surface area contributed by atoms with Gasteiger partial charge in [-0.15, -0.1) is 0 Å². The molecular formula is C27H26Cl2N2O5. The van der Waals surface area contributed by atoms with Crippen LogP contribution in [-0.2, 0) is 38.5 Å². The molecule has 0 aromatic heterocycles. The lowest BCUT2D eigenvalue weighted by molar-refractivity contribution is -0.145. The Morgan fingerprint density at radius 1 is 0.750 bits per heavy atom. The zero-order valence-corrected chi connectivity index (χ0v) is 21.1. The van der Waals surface area contributed by atoms with Gasteiger partial charge >= 0.3 is 12.1 Å². The smallest absolute Gasteiger partial charge is 0.408 e. The molecule has 0 spiro atoms. The normalized spacial score (nSPS) is 12.2. The monoisotopic (exact) mass is 528 g/mol. The minimum absolute atomic E-state index is 0.00737. The molecule has 3 aromatic rings. The Bertz CT molecular complexity index is 1160. The number of halogens is 2. The first-order valence-corrected chi connectivity index (χ1v) is 11.9. The first-order chi connectivity index (χ1) is 17.4. The van der Waals surface area contributed by atoms with Crippen molar-refractivity contribution in [1.29, 1.82) is 0 Å². The first-order valence-electron chi connectivity index (χ1n) is 11.2. The van der Waals surface area contributed by atoms with Crippen molar-refractivity contribution in [2.45, 2.75) is 31.5 Å². The maximum atomic E-state index is 13.3. The highest BCUT2D eigenvalue weighted by Crippen LogP contribution is 2.25. The molecular weight excluding hydrogens is 503 g/mol. The maximum absolute atomic E-state index is 13.3. The Labute approximate surface area is 219 Å². The summed E-state index contributed by atoms with van der Waals surface area (Å²) in [4.78, 5) is 38.3. The number of benzene rings is 3. The lowest BCUT2D eigenvalue weighted by Gasteiger charge is -2.23. The molecule has 0 heterocycles. The third kappa shape index (κ3) is 8.00. The number of methoxy groups -OCH3 is 1. The summed E-state index contributed by atoms with van der Waals surface area (Å²) in [7, 11) is 1.22. The van der Waals surface area contributed by atoms with Crippen LogP contribution in [0.3, 0.4) is 0 Å². The number of esters is 1. The van der Waals surface area contributed by atoms with Gasteiger partial charge in [0.15, 0.2) is 0 Å². The summed E-state index contributed by atoms with van der Waals surface area (Å²) in [5, 5.41) is 5.99. The van der Waals surface area contributed by atoms with Crippen molar-refractivity contribution < 1.29 is 23.9 Å². The molecule has 0 bridgehead atoms. The minimum Gasteiger partial charge on any atom is -0.467 e. The Hall–Kier alpha value is -3.55. The van der Waals surface area contributed by atoms with Crippen molar-refractivity contribution in [3.63, 3.8) is 0 Å². The lowest BCUT2D eigenvalue weighted by Crippen LogP contribution is -2.53. The predicted molar refractivity (Wildman–Crippen MR) is 138 cm³/mol. The van der Waals surface area contributed by atoms with Gasteiger partial charge in [-0.2, -0.15) is 0 Å². The van der Waals surface area contributed by atoms with Gasteiger partial charge in [0.25, 0.3) is 0 Å². The van der Waals surface area contributed by atoms with Gasteiger partial charge in [-0.05, 0) is 28.8 Å². The predicted octanol–water partition coefficient (Wildman–Crippen LogP) is 4.73. The fourth-order valence-corrected chi connectivity index (χ4v) is 4.06. The van der Waals surface area contributed by atoms with Crippen molar-refractivity contribution in [3.8, 4) is 0 Å². The third-order valence-corrected chi connectivity index (χ3v) is 6.08. The van der Waals surface area contributed by atoms with Gasteiger partial charge in [0.05, 0.1) is 7.11 Å². The number of carbonyl (C=O) groups is 3. The Morgan fingerprint density at radius 2 is 1.33 bits per heavy atom. The molecule has 0 unspecified atom stereocenters. The number of alkyl carbamates (subject to hydrolysis) is 1. The van der Waals surface area contributed by atoms with E-state index in [2.05, 4.69) is 10.6 Å². The van der Waals surface area contributed by atoms with E-state index in [0.717, 1.165) is 11.1 Å². The summed E-state index contributed by atoms with van der Waals surface area (Å²) in [5.74, 6) is -1.27. The molecule has 7 nitrogen and oxygen atoms in total. The van der Waals surface area contributed by atoms with Gasteiger partial charge in [0.2, 0.25) is 5.91 Å². The molecule has 2 atom stereocenters. The van der Waals surface area contributed by atoms with E-state index in [-0.39, 0.29) is 19.4 Å². The van der Waals surface area contributed by atoms with Crippen LogP contribution in [-0.4, -0.2) is 37.2 Å². The van der Waals surface area contributed by atoms with Gasteiger partial charge in [-0.3, -0.25) is 4.79 Å². The highest BCUT2D eigenvalue weighted by atomic mass is 35.5. The molecule has 0 aliphatic carbocycles. The Morgan fingerprint density at radius 3 is 1.92 bits per heavy atom.